The van der Waals surface area contributed by atoms with Crippen molar-refractivity contribution in [2.24, 2.45) is 7.05 Å². The molecule has 3 aromatic rings. The molecule has 0 aliphatic carbocycles. The van der Waals surface area contributed by atoms with E-state index in [-0.39, 0.29) is 10.8 Å². The molecule has 0 spiro atoms. The molecule has 8 heteroatoms. The standard InChI is InChI=1S/C20H21BClFN2O3/c1-19(2)20(3,4)28-21(27-19)12-8-14(22)18(15(23)9-12)26-13-6-7-17-16(10-13)24-11-25(17)5/h6-11H,1-5H3. The van der Waals surface area contributed by atoms with Crippen LogP contribution in [0.1, 0.15) is 27.7 Å². The van der Waals surface area contributed by atoms with Gasteiger partial charge in [0, 0.05) is 13.1 Å². The van der Waals surface area contributed by atoms with E-state index >= 15 is 0 Å². The average molecular weight is 403 g/mol. The Kier molecular flexibility index (Phi) is 4.45. The molecular weight excluding hydrogens is 381 g/mol. The van der Waals surface area contributed by atoms with Gasteiger partial charge in [0.2, 0.25) is 0 Å². The first kappa shape index (κ1) is 19.2. The summed E-state index contributed by atoms with van der Waals surface area (Å²) in [4.78, 5) is 4.28. The second kappa shape index (κ2) is 6.47. The molecule has 2 heterocycles. The van der Waals surface area contributed by atoms with Crippen LogP contribution < -0.4 is 10.2 Å². The minimum absolute atomic E-state index is 0.0442. The summed E-state index contributed by atoms with van der Waals surface area (Å²) in [5, 5.41) is 0.144. The summed E-state index contributed by atoms with van der Waals surface area (Å²) < 4.78 is 34.4. The lowest BCUT2D eigenvalue weighted by Crippen LogP contribution is -2.41. The smallest absolute Gasteiger partial charge is 0.453 e. The third-order valence-corrected chi connectivity index (χ3v) is 5.74. The summed E-state index contributed by atoms with van der Waals surface area (Å²) in [5.41, 5.74) is 1.18. The number of aromatic nitrogens is 2. The molecule has 1 aliphatic heterocycles. The highest BCUT2D eigenvalue weighted by Gasteiger charge is 2.52. The van der Waals surface area contributed by atoms with Crippen molar-refractivity contribution in [1.82, 2.24) is 9.55 Å². The number of ether oxygens (including phenoxy) is 1. The Bertz CT molecular complexity index is 1030. The van der Waals surface area contributed by atoms with Crippen LogP contribution in [-0.2, 0) is 16.4 Å². The van der Waals surface area contributed by atoms with Gasteiger partial charge in [-0.1, -0.05) is 11.6 Å². The van der Waals surface area contributed by atoms with Crippen LogP contribution in [0.5, 0.6) is 11.5 Å². The highest BCUT2D eigenvalue weighted by Crippen LogP contribution is 2.38. The minimum Gasteiger partial charge on any atom is -0.453 e. The number of rotatable bonds is 3. The molecule has 5 nitrogen and oxygen atoms in total. The van der Waals surface area contributed by atoms with Crippen molar-refractivity contribution in [2.45, 2.75) is 38.9 Å². The number of aryl methyl sites for hydroxylation is 1. The molecule has 1 saturated heterocycles. The number of halogens is 2. The van der Waals surface area contributed by atoms with E-state index in [9.17, 15) is 4.39 Å². The molecular formula is C20H21BClFN2O3. The molecule has 0 bridgehead atoms. The van der Waals surface area contributed by atoms with Crippen LogP contribution in [0.3, 0.4) is 0 Å². The monoisotopic (exact) mass is 402 g/mol. The Morgan fingerprint density at radius 1 is 1.11 bits per heavy atom. The zero-order valence-corrected chi connectivity index (χ0v) is 17.2. The van der Waals surface area contributed by atoms with Crippen molar-refractivity contribution in [1.29, 1.82) is 0 Å². The summed E-state index contributed by atoms with van der Waals surface area (Å²) in [5.74, 6) is -0.175. The van der Waals surface area contributed by atoms with E-state index < -0.39 is 24.1 Å². The quantitative estimate of drug-likeness (QED) is 0.607. The lowest BCUT2D eigenvalue weighted by Gasteiger charge is -2.32. The number of hydrogen-bond acceptors (Lipinski definition) is 4. The number of hydrogen-bond donors (Lipinski definition) is 0. The first-order valence-electron chi connectivity index (χ1n) is 9.01. The zero-order chi connectivity index (χ0) is 20.3. The van der Waals surface area contributed by atoms with Gasteiger partial charge in [-0.05, 0) is 57.4 Å². The van der Waals surface area contributed by atoms with Crippen molar-refractivity contribution in [3.8, 4) is 11.5 Å². The van der Waals surface area contributed by atoms with Gasteiger partial charge in [-0.25, -0.2) is 9.37 Å². The molecule has 0 saturated carbocycles. The predicted molar refractivity (Wildman–Crippen MR) is 108 cm³/mol. The lowest BCUT2D eigenvalue weighted by atomic mass is 9.79. The van der Waals surface area contributed by atoms with E-state index in [0.29, 0.717) is 11.2 Å². The van der Waals surface area contributed by atoms with Crippen molar-refractivity contribution in [3.63, 3.8) is 0 Å². The first-order chi connectivity index (χ1) is 13.1. The van der Waals surface area contributed by atoms with Crippen molar-refractivity contribution in [2.75, 3.05) is 0 Å². The topological polar surface area (TPSA) is 45.5 Å². The summed E-state index contributed by atoms with van der Waals surface area (Å²) in [6.45, 7) is 7.76. The van der Waals surface area contributed by atoms with Crippen LogP contribution in [0, 0.1) is 5.82 Å². The number of fused-ring (bicyclic) bond motifs is 1. The van der Waals surface area contributed by atoms with Gasteiger partial charge in [-0.2, -0.15) is 0 Å². The summed E-state index contributed by atoms with van der Waals surface area (Å²) >= 11 is 6.33. The maximum absolute atomic E-state index is 14.8. The van der Waals surface area contributed by atoms with Gasteiger partial charge in [0.15, 0.2) is 11.6 Å². The van der Waals surface area contributed by atoms with Gasteiger partial charge in [-0.3, -0.25) is 0 Å². The minimum atomic E-state index is -0.698. The molecule has 0 atom stereocenters. The molecule has 1 aromatic heterocycles. The van der Waals surface area contributed by atoms with Crippen molar-refractivity contribution in [3.05, 3.63) is 47.5 Å². The average Bonchev–Trinajstić information content (AvgIpc) is 3.07. The Hall–Kier alpha value is -2.09. The predicted octanol–water partition coefficient (Wildman–Crippen LogP) is 4.46. The highest BCUT2D eigenvalue weighted by molar-refractivity contribution is 6.62. The molecule has 1 fully saturated rings. The van der Waals surface area contributed by atoms with Gasteiger partial charge in [0.05, 0.1) is 33.6 Å². The van der Waals surface area contributed by atoms with E-state index in [2.05, 4.69) is 4.98 Å². The SMILES string of the molecule is Cn1cnc2cc(Oc3c(F)cc(B4OC(C)(C)C(C)(C)O4)cc3Cl)ccc21. The molecule has 4 rings (SSSR count). The van der Waals surface area contributed by atoms with Gasteiger partial charge < -0.3 is 18.6 Å². The second-order valence-corrected chi connectivity index (χ2v) is 8.42. The fourth-order valence-electron chi connectivity index (χ4n) is 3.09. The van der Waals surface area contributed by atoms with Crippen LogP contribution in [0.2, 0.25) is 5.02 Å². The Balaban J connectivity index is 1.62. The van der Waals surface area contributed by atoms with Gasteiger partial charge in [0.25, 0.3) is 0 Å². The maximum atomic E-state index is 14.8. The lowest BCUT2D eigenvalue weighted by molar-refractivity contribution is 0.00578. The van der Waals surface area contributed by atoms with E-state index in [1.165, 1.54) is 6.07 Å². The maximum Gasteiger partial charge on any atom is 0.494 e. The normalized spacial score (nSPS) is 18.0. The molecule has 0 amide bonds. The largest absolute Gasteiger partial charge is 0.494 e. The molecule has 28 heavy (non-hydrogen) atoms. The van der Waals surface area contributed by atoms with E-state index in [4.69, 9.17) is 25.6 Å². The summed E-state index contributed by atoms with van der Waals surface area (Å²) in [6, 6.07) is 8.31. The molecule has 0 radical (unpaired) electrons. The van der Waals surface area contributed by atoms with Crippen LogP contribution in [0.25, 0.3) is 11.0 Å². The van der Waals surface area contributed by atoms with Crippen molar-refractivity contribution < 1.29 is 18.4 Å². The third-order valence-electron chi connectivity index (χ3n) is 5.46. The summed E-state index contributed by atoms with van der Waals surface area (Å²) in [7, 11) is 1.21. The molecule has 0 unspecified atom stereocenters. The zero-order valence-electron chi connectivity index (χ0n) is 16.4. The van der Waals surface area contributed by atoms with E-state index in [0.717, 1.165) is 11.0 Å². The molecule has 0 N–H and O–H groups in total. The van der Waals surface area contributed by atoms with Crippen LogP contribution >= 0.6 is 11.6 Å². The fraction of sp³-hybridized carbons (Fsp3) is 0.350. The molecule has 1 aliphatic rings. The van der Waals surface area contributed by atoms with E-state index in [1.807, 2.05) is 45.4 Å². The Morgan fingerprint density at radius 2 is 1.79 bits per heavy atom. The van der Waals surface area contributed by atoms with Crippen LogP contribution in [0.4, 0.5) is 4.39 Å². The number of nitrogens with zero attached hydrogens (tertiary/aromatic N) is 2. The second-order valence-electron chi connectivity index (χ2n) is 8.01. The molecule has 146 valence electrons. The highest BCUT2D eigenvalue weighted by atomic mass is 35.5. The van der Waals surface area contributed by atoms with Crippen LogP contribution in [0.15, 0.2) is 36.7 Å². The van der Waals surface area contributed by atoms with Crippen LogP contribution in [-0.4, -0.2) is 27.9 Å². The van der Waals surface area contributed by atoms with E-state index in [1.54, 1.807) is 24.5 Å². The Morgan fingerprint density at radius 3 is 2.43 bits per heavy atom. The number of imidazole rings is 1. The first-order valence-corrected chi connectivity index (χ1v) is 9.39. The summed E-state index contributed by atoms with van der Waals surface area (Å²) in [6.07, 6.45) is 1.71. The molecule has 2 aromatic carbocycles. The number of benzene rings is 2. The van der Waals surface area contributed by atoms with Gasteiger partial charge >= 0.3 is 7.12 Å². The van der Waals surface area contributed by atoms with Crippen molar-refractivity contribution >= 4 is 35.2 Å². The third kappa shape index (κ3) is 3.17. The fourth-order valence-corrected chi connectivity index (χ4v) is 3.34. The Labute approximate surface area is 168 Å². The van der Waals surface area contributed by atoms with Gasteiger partial charge in [0.1, 0.15) is 5.75 Å². The van der Waals surface area contributed by atoms with Gasteiger partial charge in [-0.15, -0.1) is 0 Å².